The predicted octanol–water partition coefficient (Wildman–Crippen LogP) is 4.92. The number of hydrogen-bond acceptors (Lipinski definition) is 6. The van der Waals surface area contributed by atoms with Gasteiger partial charge in [-0.15, -0.1) is 0 Å². The third-order valence-corrected chi connectivity index (χ3v) is 7.86. The maximum Gasteiger partial charge on any atom is 0.336 e. The SMILES string of the molecule is O=C(O)c1ccccc1[C@H]1Nc2ccc(S(=O)(=O)Nc3cccc([N+](=O)[O-])c3)cc2[C@H]2C=CC[C@H]21. The second-order valence-electron chi connectivity index (χ2n) is 8.53. The molecule has 178 valence electrons. The van der Waals surface area contributed by atoms with Crippen LogP contribution < -0.4 is 10.0 Å². The number of non-ortho nitro benzene ring substituents is 1. The van der Waals surface area contributed by atoms with Crippen LogP contribution in [0.25, 0.3) is 0 Å². The number of aromatic carboxylic acids is 1. The molecule has 0 fully saturated rings. The lowest BCUT2D eigenvalue weighted by atomic mass is 9.76. The normalized spacial score (nSPS) is 20.4. The van der Waals surface area contributed by atoms with E-state index in [9.17, 15) is 28.4 Å². The molecule has 9 nitrogen and oxygen atoms in total. The Labute approximate surface area is 201 Å². The van der Waals surface area contributed by atoms with Crippen molar-refractivity contribution in [2.24, 2.45) is 5.92 Å². The van der Waals surface area contributed by atoms with Crippen LogP contribution in [0.2, 0.25) is 0 Å². The number of anilines is 2. The summed E-state index contributed by atoms with van der Waals surface area (Å²) in [5.74, 6) is -1.07. The highest BCUT2D eigenvalue weighted by molar-refractivity contribution is 7.92. The number of hydrogen-bond donors (Lipinski definition) is 3. The molecule has 1 heterocycles. The van der Waals surface area contributed by atoms with Crippen LogP contribution in [0.3, 0.4) is 0 Å². The van der Waals surface area contributed by atoms with Gasteiger partial charge in [0.2, 0.25) is 0 Å². The third-order valence-electron chi connectivity index (χ3n) is 6.48. The topological polar surface area (TPSA) is 139 Å². The minimum Gasteiger partial charge on any atom is -0.478 e. The van der Waals surface area contributed by atoms with Gasteiger partial charge in [0, 0.05) is 23.7 Å². The summed E-state index contributed by atoms with van der Waals surface area (Å²) in [4.78, 5) is 22.3. The molecule has 3 aromatic carbocycles. The van der Waals surface area contributed by atoms with Gasteiger partial charge in [-0.1, -0.05) is 36.4 Å². The minimum absolute atomic E-state index is 0.0192. The fraction of sp³-hybridized carbons (Fsp3) is 0.160. The Balaban J connectivity index is 1.49. The van der Waals surface area contributed by atoms with Gasteiger partial charge in [-0.3, -0.25) is 14.8 Å². The largest absolute Gasteiger partial charge is 0.478 e. The van der Waals surface area contributed by atoms with Crippen LogP contribution in [-0.2, 0) is 10.0 Å². The lowest BCUT2D eigenvalue weighted by Crippen LogP contribution is -2.30. The zero-order valence-electron chi connectivity index (χ0n) is 18.3. The van der Waals surface area contributed by atoms with E-state index in [2.05, 4.69) is 10.0 Å². The first kappa shape index (κ1) is 22.6. The number of nitrogens with zero attached hydrogens (tertiary/aromatic N) is 1. The lowest BCUT2D eigenvalue weighted by Gasteiger charge is -2.38. The van der Waals surface area contributed by atoms with Crippen molar-refractivity contribution in [3.8, 4) is 0 Å². The first-order valence-electron chi connectivity index (χ1n) is 10.9. The summed E-state index contributed by atoms with van der Waals surface area (Å²) in [5.41, 5.74) is 2.34. The highest BCUT2D eigenvalue weighted by Crippen LogP contribution is 2.50. The van der Waals surface area contributed by atoms with E-state index in [4.69, 9.17) is 0 Å². The Morgan fingerprint density at radius 1 is 1.06 bits per heavy atom. The molecule has 1 aliphatic carbocycles. The molecular formula is C25H21N3O6S. The monoisotopic (exact) mass is 491 g/mol. The molecule has 0 spiro atoms. The maximum absolute atomic E-state index is 13.1. The molecule has 3 atom stereocenters. The molecule has 0 saturated carbocycles. The standard InChI is InChI=1S/C25H21N3O6S/c29-25(30)21-8-2-1-7-20(21)24-19-10-4-9-18(19)22-14-17(11-12-23(22)26-24)35(33,34)27-15-5-3-6-16(13-15)28(31)32/h1-9,11-14,18-19,24,26-27H,10H2,(H,29,30)/t18-,19+,24-/m0/s1. The van der Waals surface area contributed by atoms with Crippen LogP contribution in [0.15, 0.2) is 83.8 Å². The van der Waals surface area contributed by atoms with Crippen molar-refractivity contribution in [3.05, 3.63) is 106 Å². The minimum atomic E-state index is -4.00. The summed E-state index contributed by atoms with van der Waals surface area (Å²) in [6, 6.07) is 16.7. The molecule has 10 heteroatoms. The summed E-state index contributed by atoms with van der Waals surface area (Å²) in [7, 11) is -4.00. The van der Waals surface area contributed by atoms with E-state index in [-0.39, 0.29) is 39.7 Å². The van der Waals surface area contributed by atoms with Crippen molar-refractivity contribution in [1.82, 2.24) is 0 Å². The van der Waals surface area contributed by atoms with Crippen molar-refractivity contribution < 1.29 is 23.2 Å². The number of nitrogens with one attached hydrogen (secondary N) is 2. The Kier molecular flexibility index (Phi) is 5.52. The van der Waals surface area contributed by atoms with Gasteiger partial charge >= 0.3 is 5.97 Å². The molecule has 1 aliphatic heterocycles. The summed E-state index contributed by atoms with van der Waals surface area (Å²) in [6.45, 7) is 0. The van der Waals surface area contributed by atoms with E-state index < -0.39 is 20.9 Å². The molecule has 0 amide bonds. The second-order valence-corrected chi connectivity index (χ2v) is 10.2. The quantitative estimate of drug-likeness (QED) is 0.253. The molecule has 3 aromatic rings. The van der Waals surface area contributed by atoms with Crippen molar-refractivity contribution in [1.29, 1.82) is 0 Å². The van der Waals surface area contributed by atoms with Crippen LogP contribution in [0.5, 0.6) is 0 Å². The Bertz CT molecular complexity index is 1480. The van der Waals surface area contributed by atoms with Gasteiger partial charge < -0.3 is 10.4 Å². The average molecular weight is 492 g/mol. The molecule has 2 aliphatic rings. The molecule has 0 unspecified atom stereocenters. The third kappa shape index (κ3) is 4.12. The van der Waals surface area contributed by atoms with Gasteiger partial charge in [0.05, 0.1) is 27.1 Å². The van der Waals surface area contributed by atoms with Crippen LogP contribution in [0.1, 0.15) is 39.9 Å². The Morgan fingerprint density at radius 3 is 2.63 bits per heavy atom. The van der Waals surface area contributed by atoms with E-state index in [1.807, 2.05) is 24.3 Å². The molecule has 35 heavy (non-hydrogen) atoms. The average Bonchev–Trinajstić information content (AvgIpc) is 3.33. The number of carboxylic acids is 1. The number of rotatable bonds is 6. The zero-order valence-corrected chi connectivity index (χ0v) is 19.1. The van der Waals surface area contributed by atoms with Crippen molar-refractivity contribution in [2.75, 3.05) is 10.0 Å². The van der Waals surface area contributed by atoms with Gasteiger partial charge in [0.15, 0.2) is 0 Å². The molecule has 0 aromatic heterocycles. The van der Waals surface area contributed by atoms with Gasteiger partial charge in [-0.05, 0) is 53.8 Å². The molecule has 0 bridgehead atoms. The van der Waals surface area contributed by atoms with Gasteiger partial charge in [-0.25, -0.2) is 13.2 Å². The number of benzene rings is 3. The molecule has 3 N–H and O–H groups in total. The Morgan fingerprint density at radius 2 is 1.86 bits per heavy atom. The van der Waals surface area contributed by atoms with Crippen LogP contribution in [-0.4, -0.2) is 24.4 Å². The number of fused-ring (bicyclic) bond motifs is 3. The first-order valence-corrected chi connectivity index (χ1v) is 12.4. The van der Waals surface area contributed by atoms with Crippen LogP contribution >= 0.6 is 0 Å². The van der Waals surface area contributed by atoms with E-state index in [1.54, 1.807) is 24.3 Å². The number of nitro groups is 1. The number of nitro benzene ring substituents is 1. The summed E-state index contributed by atoms with van der Waals surface area (Å²) < 4.78 is 28.6. The van der Waals surface area contributed by atoms with E-state index in [1.165, 1.54) is 24.3 Å². The number of carbonyl (C=O) groups is 1. The zero-order chi connectivity index (χ0) is 24.7. The first-order chi connectivity index (χ1) is 16.7. The molecular weight excluding hydrogens is 470 g/mol. The number of allylic oxidation sites excluding steroid dienone is 2. The maximum atomic E-state index is 13.1. The van der Waals surface area contributed by atoms with Crippen molar-refractivity contribution >= 4 is 33.1 Å². The summed E-state index contributed by atoms with van der Waals surface area (Å²) in [5, 5.41) is 24.1. The Hall–Kier alpha value is -4.18. The second kappa shape index (κ2) is 8.55. The van der Waals surface area contributed by atoms with Crippen LogP contribution in [0, 0.1) is 16.0 Å². The fourth-order valence-corrected chi connectivity index (χ4v) is 5.99. The smallest absolute Gasteiger partial charge is 0.336 e. The van der Waals surface area contributed by atoms with Gasteiger partial charge in [0.25, 0.3) is 15.7 Å². The molecule has 5 rings (SSSR count). The van der Waals surface area contributed by atoms with Gasteiger partial charge in [0.1, 0.15) is 0 Å². The molecule has 0 saturated heterocycles. The van der Waals surface area contributed by atoms with Crippen molar-refractivity contribution in [2.45, 2.75) is 23.3 Å². The fourth-order valence-electron chi connectivity index (χ4n) is 4.91. The number of carboxylic acid groups (broad SMARTS) is 1. The predicted molar refractivity (Wildman–Crippen MR) is 130 cm³/mol. The summed E-state index contributed by atoms with van der Waals surface area (Å²) in [6.07, 6.45) is 4.79. The van der Waals surface area contributed by atoms with Crippen molar-refractivity contribution in [3.63, 3.8) is 0 Å². The number of sulfonamides is 1. The van der Waals surface area contributed by atoms with Crippen LogP contribution in [0.4, 0.5) is 17.1 Å². The molecule has 0 radical (unpaired) electrons. The van der Waals surface area contributed by atoms with E-state index >= 15 is 0 Å². The summed E-state index contributed by atoms with van der Waals surface area (Å²) >= 11 is 0. The van der Waals surface area contributed by atoms with Gasteiger partial charge in [-0.2, -0.15) is 0 Å². The van der Waals surface area contributed by atoms with E-state index in [0.717, 1.165) is 23.7 Å². The highest BCUT2D eigenvalue weighted by Gasteiger charge is 2.39. The lowest BCUT2D eigenvalue weighted by molar-refractivity contribution is -0.384. The van der Waals surface area contributed by atoms with E-state index in [0.29, 0.717) is 5.56 Å². The highest BCUT2D eigenvalue weighted by atomic mass is 32.2.